The van der Waals surface area contributed by atoms with E-state index in [1.807, 2.05) is 91.0 Å². The molecular formula is C32H31OP. The van der Waals surface area contributed by atoms with Gasteiger partial charge in [0.25, 0.3) is 0 Å². The highest BCUT2D eigenvalue weighted by Gasteiger charge is 2.31. The molecule has 0 heterocycles. The van der Waals surface area contributed by atoms with E-state index in [0.29, 0.717) is 0 Å². The zero-order valence-electron chi connectivity index (χ0n) is 19.8. The fraction of sp³-hybridized carbons (Fsp3) is 0.219. The molecule has 1 aliphatic carbocycles. The van der Waals surface area contributed by atoms with Gasteiger partial charge in [-0.1, -0.05) is 104 Å². The van der Waals surface area contributed by atoms with Crippen LogP contribution in [-0.2, 0) is 4.57 Å². The van der Waals surface area contributed by atoms with E-state index in [0.717, 1.165) is 60.0 Å². The Kier molecular flexibility index (Phi) is 8.22. The van der Waals surface area contributed by atoms with Crippen LogP contribution in [0.5, 0.6) is 0 Å². The Bertz CT molecular complexity index is 1260. The molecule has 0 saturated carbocycles. The maximum absolute atomic E-state index is 14.9. The molecule has 4 rings (SSSR count). The molecule has 0 radical (unpaired) electrons. The Morgan fingerprint density at radius 3 is 2.00 bits per heavy atom. The molecule has 0 N–H and O–H groups in total. The van der Waals surface area contributed by atoms with Gasteiger partial charge in [0.15, 0.2) is 7.14 Å². The van der Waals surface area contributed by atoms with Gasteiger partial charge >= 0.3 is 0 Å². The minimum absolute atomic E-state index is 0.770. The molecule has 0 unspecified atom stereocenters. The van der Waals surface area contributed by atoms with Crippen molar-refractivity contribution in [1.29, 1.82) is 0 Å². The average molecular weight is 463 g/mol. The van der Waals surface area contributed by atoms with E-state index < -0.39 is 7.14 Å². The van der Waals surface area contributed by atoms with Gasteiger partial charge in [-0.05, 0) is 55.9 Å². The number of hydrogen-bond donors (Lipinski definition) is 0. The SMILES string of the molecule is CCCCC(=C=CC1=C(C#Cc2ccccc2)CCC1)P(=O)(c1ccccc1)c1ccccc1. The first-order chi connectivity index (χ1) is 16.7. The van der Waals surface area contributed by atoms with Crippen molar-refractivity contribution in [1.82, 2.24) is 0 Å². The molecule has 3 aromatic carbocycles. The maximum atomic E-state index is 14.9. The monoisotopic (exact) mass is 462 g/mol. The molecule has 170 valence electrons. The standard InChI is InChI=1S/C32H31OP/c1-2-3-18-32(34(33,30-19-9-5-10-20-30)31-21-11-6-12-22-31)26-25-29-17-13-16-28(29)24-23-27-14-7-4-8-15-27/h4-12,14-15,19-22,25H,2-3,13,16-18H2,1H3. The molecule has 0 fully saturated rings. The second kappa shape index (κ2) is 11.7. The summed E-state index contributed by atoms with van der Waals surface area (Å²) in [6, 6.07) is 29.9. The van der Waals surface area contributed by atoms with E-state index in [1.165, 1.54) is 11.1 Å². The van der Waals surface area contributed by atoms with Crippen LogP contribution in [-0.4, -0.2) is 0 Å². The predicted molar refractivity (Wildman–Crippen MR) is 145 cm³/mol. The van der Waals surface area contributed by atoms with Crippen LogP contribution in [0, 0.1) is 11.8 Å². The molecule has 0 aromatic heterocycles. The molecule has 1 nitrogen and oxygen atoms in total. The van der Waals surface area contributed by atoms with Crippen molar-refractivity contribution in [3.63, 3.8) is 0 Å². The van der Waals surface area contributed by atoms with Crippen molar-refractivity contribution >= 4 is 17.8 Å². The smallest absolute Gasteiger partial charge is 0.174 e. The predicted octanol–water partition coefficient (Wildman–Crippen LogP) is 7.76. The lowest BCUT2D eigenvalue weighted by Gasteiger charge is -2.21. The van der Waals surface area contributed by atoms with Crippen LogP contribution in [0.4, 0.5) is 0 Å². The zero-order valence-corrected chi connectivity index (χ0v) is 20.7. The normalized spacial score (nSPS) is 13.1. The van der Waals surface area contributed by atoms with Gasteiger partial charge in [-0.2, -0.15) is 0 Å². The van der Waals surface area contributed by atoms with Gasteiger partial charge in [-0.25, -0.2) is 0 Å². The summed E-state index contributed by atoms with van der Waals surface area (Å²) in [4.78, 5) is 0. The molecule has 0 amide bonds. The van der Waals surface area contributed by atoms with Gasteiger partial charge in [0.2, 0.25) is 0 Å². The van der Waals surface area contributed by atoms with E-state index in [4.69, 9.17) is 0 Å². The molecule has 0 saturated heterocycles. The van der Waals surface area contributed by atoms with E-state index in [1.54, 1.807) is 0 Å². The first-order valence-electron chi connectivity index (χ1n) is 12.2. The fourth-order valence-corrected chi connectivity index (χ4v) is 7.13. The van der Waals surface area contributed by atoms with Crippen molar-refractivity contribution in [2.24, 2.45) is 0 Å². The van der Waals surface area contributed by atoms with Gasteiger partial charge in [0, 0.05) is 27.1 Å². The summed E-state index contributed by atoms with van der Waals surface area (Å²) >= 11 is 0. The lowest BCUT2D eigenvalue weighted by Crippen LogP contribution is -2.17. The number of unbranched alkanes of at least 4 members (excludes halogenated alkanes) is 1. The van der Waals surface area contributed by atoms with Gasteiger partial charge in [0.05, 0.1) is 0 Å². The van der Waals surface area contributed by atoms with Crippen molar-refractivity contribution in [2.45, 2.75) is 45.4 Å². The molecule has 1 aliphatic rings. The van der Waals surface area contributed by atoms with Crippen molar-refractivity contribution in [3.05, 3.63) is 125 Å². The van der Waals surface area contributed by atoms with Gasteiger partial charge in [0.1, 0.15) is 0 Å². The quantitative estimate of drug-likeness (QED) is 0.199. The summed E-state index contributed by atoms with van der Waals surface area (Å²) < 4.78 is 14.9. The summed E-state index contributed by atoms with van der Waals surface area (Å²) in [5.41, 5.74) is 7.00. The third-order valence-electron chi connectivity index (χ3n) is 6.19. The molecule has 0 spiro atoms. The first-order valence-corrected chi connectivity index (χ1v) is 13.9. The van der Waals surface area contributed by atoms with Crippen molar-refractivity contribution in [3.8, 4) is 11.8 Å². The number of allylic oxidation sites excluding steroid dienone is 3. The van der Waals surface area contributed by atoms with E-state index in [2.05, 4.69) is 30.6 Å². The van der Waals surface area contributed by atoms with E-state index in [-0.39, 0.29) is 0 Å². The summed E-state index contributed by atoms with van der Waals surface area (Å²) in [6.07, 6.45) is 7.97. The Morgan fingerprint density at radius 2 is 1.41 bits per heavy atom. The van der Waals surface area contributed by atoms with Gasteiger partial charge < -0.3 is 4.57 Å². The summed E-state index contributed by atoms with van der Waals surface area (Å²) in [5, 5.41) is 2.65. The number of benzene rings is 3. The van der Waals surface area contributed by atoms with Crippen LogP contribution in [0.3, 0.4) is 0 Å². The second-order valence-corrected chi connectivity index (χ2v) is 11.4. The first kappa shape index (κ1) is 23.9. The summed E-state index contributed by atoms with van der Waals surface area (Å²) in [5.74, 6) is 6.70. The average Bonchev–Trinajstić information content (AvgIpc) is 3.36. The maximum Gasteiger partial charge on any atom is 0.174 e. The van der Waals surface area contributed by atoms with E-state index >= 15 is 0 Å². The van der Waals surface area contributed by atoms with Crippen LogP contribution in [0.2, 0.25) is 0 Å². The Morgan fingerprint density at radius 1 is 0.824 bits per heavy atom. The lowest BCUT2D eigenvalue weighted by molar-refractivity contribution is 0.589. The van der Waals surface area contributed by atoms with Gasteiger partial charge in [-0.15, -0.1) is 5.73 Å². The van der Waals surface area contributed by atoms with Crippen LogP contribution in [0.15, 0.2) is 119 Å². The van der Waals surface area contributed by atoms with Crippen LogP contribution in [0.1, 0.15) is 51.0 Å². The fourth-order valence-electron chi connectivity index (χ4n) is 4.31. The second-order valence-electron chi connectivity index (χ2n) is 8.59. The molecule has 2 heteroatoms. The topological polar surface area (TPSA) is 17.1 Å². The highest BCUT2D eigenvalue weighted by atomic mass is 31.2. The Labute approximate surface area is 204 Å². The zero-order chi connectivity index (χ0) is 23.6. The molecule has 0 atom stereocenters. The highest BCUT2D eigenvalue weighted by molar-refractivity contribution is 7.82. The van der Waals surface area contributed by atoms with Crippen LogP contribution < -0.4 is 10.6 Å². The third kappa shape index (κ3) is 5.61. The largest absolute Gasteiger partial charge is 0.308 e. The Balaban J connectivity index is 1.82. The lowest BCUT2D eigenvalue weighted by atomic mass is 10.1. The highest BCUT2D eigenvalue weighted by Crippen LogP contribution is 2.53. The minimum atomic E-state index is -2.99. The summed E-state index contributed by atoms with van der Waals surface area (Å²) in [7, 11) is -2.99. The third-order valence-corrected chi connectivity index (χ3v) is 9.36. The number of hydrogen-bond acceptors (Lipinski definition) is 1. The molecule has 0 bridgehead atoms. The summed E-state index contributed by atoms with van der Waals surface area (Å²) in [6.45, 7) is 2.17. The Hall–Kier alpha value is -3.29. The minimum Gasteiger partial charge on any atom is -0.308 e. The van der Waals surface area contributed by atoms with Crippen molar-refractivity contribution < 1.29 is 4.57 Å². The molecule has 0 aliphatic heterocycles. The number of rotatable bonds is 7. The molecule has 3 aromatic rings. The molecule has 34 heavy (non-hydrogen) atoms. The van der Waals surface area contributed by atoms with Crippen LogP contribution in [0.25, 0.3) is 0 Å². The van der Waals surface area contributed by atoms with Gasteiger partial charge in [-0.3, -0.25) is 0 Å². The van der Waals surface area contributed by atoms with Crippen LogP contribution >= 0.6 is 7.14 Å². The van der Waals surface area contributed by atoms with Crippen molar-refractivity contribution in [2.75, 3.05) is 0 Å². The van der Waals surface area contributed by atoms with E-state index in [9.17, 15) is 4.57 Å². The molecular weight excluding hydrogens is 431 g/mol.